The zero-order chi connectivity index (χ0) is 25.1. The third-order valence-electron chi connectivity index (χ3n) is 4.06. The summed E-state index contributed by atoms with van der Waals surface area (Å²) >= 11 is 0. The van der Waals surface area contributed by atoms with Gasteiger partial charge in [0.1, 0.15) is 23.9 Å². The van der Waals surface area contributed by atoms with Gasteiger partial charge in [0.2, 0.25) is 5.95 Å². The summed E-state index contributed by atoms with van der Waals surface area (Å²) in [5.74, 6) is -3.97. The topological polar surface area (TPSA) is 96.4 Å². The first-order chi connectivity index (χ1) is 15.8. The van der Waals surface area contributed by atoms with E-state index >= 15 is 0 Å². The molecule has 0 amide bonds. The van der Waals surface area contributed by atoms with E-state index in [0.29, 0.717) is 6.07 Å². The Hall–Kier alpha value is -4.10. The molecule has 0 aliphatic carbocycles. The van der Waals surface area contributed by atoms with E-state index in [-0.39, 0.29) is 11.3 Å². The van der Waals surface area contributed by atoms with Crippen molar-refractivity contribution in [2.45, 2.75) is 12.5 Å². The molecule has 2 aromatic carbocycles. The molecule has 0 bridgehead atoms. The van der Waals surface area contributed by atoms with Crippen LogP contribution in [-0.4, -0.2) is 34.0 Å². The lowest BCUT2D eigenvalue weighted by atomic mass is 10.1. The molecule has 7 nitrogen and oxygen atoms in total. The molecule has 3 rings (SSSR count). The number of nitrogens with one attached hydrogen (secondary N) is 2. The number of carboxylic acid groups (broad SMARTS) is 1. The second kappa shape index (κ2) is 9.41. The van der Waals surface area contributed by atoms with Gasteiger partial charge >= 0.3 is 18.5 Å². The van der Waals surface area contributed by atoms with Crippen LogP contribution >= 0.6 is 0 Å². The Balaban J connectivity index is 2.07. The highest BCUT2D eigenvalue weighted by atomic mass is 19.4. The Labute approximate surface area is 186 Å². The number of halogens is 7. The standard InChI is InChI=1S/C20H13F7N4O3/c21-13-6-2-5-12(19(22,23)24)17(13)30-15-8-14(29-18(31-15)28-9-16(32)33)10-3-1-4-11(7-10)34-20(25,26)27/h1-8H,9H2,(H,32,33)(H2,28,29,30,31). The van der Waals surface area contributed by atoms with E-state index in [1.54, 1.807) is 0 Å². The summed E-state index contributed by atoms with van der Waals surface area (Å²) in [7, 11) is 0. The SMILES string of the molecule is O=C(O)CNc1nc(Nc2c(F)cccc2C(F)(F)F)cc(-c2cccc(OC(F)(F)F)c2)n1. The summed E-state index contributed by atoms with van der Waals surface area (Å²) in [5.41, 5.74) is -2.40. The molecule has 0 aliphatic rings. The van der Waals surface area contributed by atoms with Crippen LogP contribution in [0.5, 0.6) is 5.75 Å². The fourth-order valence-electron chi connectivity index (χ4n) is 2.76. The van der Waals surface area contributed by atoms with Crippen molar-refractivity contribution in [3.05, 3.63) is 59.9 Å². The Morgan fingerprint density at radius 3 is 2.35 bits per heavy atom. The first-order valence-corrected chi connectivity index (χ1v) is 9.15. The molecule has 3 N–H and O–H groups in total. The molecule has 0 saturated heterocycles. The van der Waals surface area contributed by atoms with Gasteiger partial charge in [-0.2, -0.15) is 18.2 Å². The molecular formula is C20H13F7N4O3. The van der Waals surface area contributed by atoms with Crippen LogP contribution < -0.4 is 15.4 Å². The smallest absolute Gasteiger partial charge is 0.480 e. The molecule has 0 aliphatic heterocycles. The average molecular weight is 490 g/mol. The Morgan fingerprint density at radius 2 is 1.71 bits per heavy atom. The van der Waals surface area contributed by atoms with Crippen molar-refractivity contribution in [1.82, 2.24) is 9.97 Å². The highest BCUT2D eigenvalue weighted by Crippen LogP contribution is 2.38. The third kappa shape index (κ3) is 6.46. The van der Waals surface area contributed by atoms with Gasteiger partial charge in [-0.05, 0) is 24.3 Å². The van der Waals surface area contributed by atoms with Gasteiger partial charge in [-0.3, -0.25) is 4.79 Å². The number of benzene rings is 2. The largest absolute Gasteiger partial charge is 0.573 e. The number of aliphatic carboxylic acids is 1. The average Bonchev–Trinajstić information content (AvgIpc) is 2.72. The van der Waals surface area contributed by atoms with Crippen molar-refractivity contribution in [3.63, 3.8) is 0 Å². The van der Waals surface area contributed by atoms with Crippen LogP contribution in [0.15, 0.2) is 48.5 Å². The van der Waals surface area contributed by atoms with Gasteiger partial charge in [-0.1, -0.05) is 18.2 Å². The van der Waals surface area contributed by atoms with Gasteiger partial charge in [0.15, 0.2) is 0 Å². The Morgan fingerprint density at radius 1 is 1.00 bits per heavy atom. The van der Waals surface area contributed by atoms with E-state index in [1.807, 2.05) is 0 Å². The number of aromatic nitrogens is 2. The van der Waals surface area contributed by atoms with Crippen LogP contribution in [0.3, 0.4) is 0 Å². The maximum Gasteiger partial charge on any atom is 0.573 e. The minimum absolute atomic E-state index is 0.0233. The van der Waals surface area contributed by atoms with Gasteiger partial charge < -0.3 is 20.5 Å². The fourth-order valence-corrected chi connectivity index (χ4v) is 2.76. The number of nitrogens with zero attached hydrogens (tertiary/aromatic N) is 2. The van der Waals surface area contributed by atoms with Gasteiger partial charge in [-0.15, -0.1) is 13.2 Å². The van der Waals surface area contributed by atoms with Crippen molar-refractivity contribution < 1.29 is 45.4 Å². The van der Waals surface area contributed by atoms with E-state index in [0.717, 1.165) is 30.3 Å². The second-order valence-corrected chi connectivity index (χ2v) is 6.57. The molecule has 0 unspecified atom stereocenters. The summed E-state index contributed by atoms with van der Waals surface area (Å²) in [6, 6.07) is 7.80. The number of carbonyl (C=O) groups is 1. The van der Waals surface area contributed by atoms with Crippen molar-refractivity contribution in [3.8, 4) is 17.0 Å². The summed E-state index contributed by atoms with van der Waals surface area (Å²) < 4.78 is 95.7. The quantitative estimate of drug-likeness (QED) is 0.380. The first kappa shape index (κ1) is 24.5. The molecule has 0 saturated carbocycles. The summed E-state index contributed by atoms with van der Waals surface area (Å²) in [6.45, 7) is -0.687. The number of hydrogen-bond acceptors (Lipinski definition) is 6. The van der Waals surface area contributed by atoms with E-state index < -0.39 is 59.6 Å². The van der Waals surface area contributed by atoms with Crippen LogP contribution in [0.1, 0.15) is 5.56 Å². The van der Waals surface area contributed by atoms with Gasteiger partial charge in [-0.25, -0.2) is 9.37 Å². The fraction of sp³-hybridized carbons (Fsp3) is 0.150. The van der Waals surface area contributed by atoms with Gasteiger partial charge in [0.05, 0.1) is 16.9 Å². The van der Waals surface area contributed by atoms with Crippen LogP contribution in [0.4, 0.5) is 48.2 Å². The number of rotatable bonds is 7. The summed E-state index contributed by atoms with van der Waals surface area (Å²) in [6.07, 6.45) is -9.90. The van der Waals surface area contributed by atoms with Crippen LogP contribution in [0.25, 0.3) is 11.3 Å². The predicted octanol–water partition coefficient (Wildman–Crippen LogP) is 5.44. The Bertz CT molecular complexity index is 1200. The van der Waals surface area contributed by atoms with E-state index in [9.17, 15) is 35.5 Å². The predicted molar refractivity (Wildman–Crippen MR) is 105 cm³/mol. The van der Waals surface area contributed by atoms with Crippen LogP contribution in [0, 0.1) is 5.82 Å². The number of anilines is 3. The summed E-state index contributed by atoms with van der Waals surface area (Å²) in [5, 5.41) is 13.3. The minimum Gasteiger partial charge on any atom is -0.480 e. The number of ether oxygens (including phenoxy) is 1. The maximum absolute atomic E-state index is 14.2. The molecule has 180 valence electrons. The Kier molecular flexibility index (Phi) is 6.79. The van der Waals surface area contributed by atoms with E-state index in [2.05, 4.69) is 25.3 Å². The second-order valence-electron chi connectivity index (χ2n) is 6.57. The molecule has 0 atom stereocenters. The highest BCUT2D eigenvalue weighted by molar-refractivity contribution is 5.73. The van der Waals surface area contributed by atoms with E-state index in [1.165, 1.54) is 12.1 Å². The molecule has 0 radical (unpaired) electrons. The lowest BCUT2D eigenvalue weighted by Gasteiger charge is -2.16. The highest BCUT2D eigenvalue weighted by Gasteiger charge is 2.35. The third-order valence-corrected chi connectivity index (χ3v) is 4.06. The molecular weight excluding hydrogens is 477 g/mol. The van der Waals surface area contributed by atoms with Crippen molar-refractivity contribution >= 4 is 23.4 Å². The minimum atomic E-state index is -4.98. The maximum atomic E-state index is 14.2. The number of carboxylic acids is 1. The lowest BCUT2D eigenvalue weighted by molar-refractivity contribution is -0.274. The molecule has 0 fully saturated rings. The summed E-state index contributed by atoms with van der Waals surface area (Å²) in [4.78, 5) is 18.6. The van der Waals surface area contributed by atoms with Gasteiger partial charge in [0.25, 0.3) is 0 Å². The van der Waals surface area contributed by atoms with E-state index in [4.69, 9.17) is 5.11 Å². The number of hydrogen-bond donors (Lipinski definition) is 3. The normalized spacial score (nSPS) is 11.7. The first-order valence-electron chi connectivity index (χ1n) is 9.15. The molecule has 0 spiro atoms. The number of alkyl halides is 6. The lowest BCUT2D eigenvalue weighted by Crippen LogP contribution is -2.17. The zero-order valence-electron chi connectivity index (χ0n) is 16.6. The van der Waals surface area contributed by atoms with Crippen molar-refractivity contribution in [1.29, 1.82) is 0 Å². The van der Waals surface area contributed by atoms with Crippen molar-refractivity contribution in [2.75, 3.05) is 17.2 Å². The van der Waals surface area contributed by atoms with Crippen LogP contribution in [-0.2, 0) is 11.0 Å². The van der Waals surface area contributed by atoms with Crippen molar-refractivity contribution in [2.24, 2.45) is 0 Å². The number of para-hydroxylation sites is 1. The molecule has 34 heavy (non-hydrogen) atoms. The zero-order valence-corrected chi connectivity index (χ0v) is 16.6. The molecule has 3 aromatic rings. The molecule has 14 heteroatoms. The molecule has 1 heterocycles. The van der Waals surface area contributed by atoms with Crippen LogP contribution in [0.2, 0.25) is 0 Å². The molecule has 1 aromatic heterocycles. The monoisotopic (exact) mass is 490 g/mol. The van der Waals surface area contributed by atoms with Gasteiger partial charge in [0, 0.05) is 11.6 Å².